The van der Waals surface area contributed by atoms with Crippen molar-refractivity contribution in [2.24, 2.45) is 5.73 Å². The zero-order chi connectivity index (χ0) is 5.15. The Morgan fingerprint density at radius 3 is 1.75 bits per heavy atom. The zero-order valence-corrected chi connectivity index (χ0v) is 4.19. The predicted octanol–water partition coefficient (Wildman–Crippen LogP) is -0.141. The second-order valence-corrected chi connectivity index (χ2v) is 1.14. The Balaban J connectivity index is -0.000000125. The van der Waals surface area contributed by atoms with Gasteiger partial charge in [-0.15, -0.1) is 0 Å². The van der Waals surface area contributed by atoms with E-state index in [1.807, 2.05) is 0 Å². The number of carbonyl (C=O) groups is 1. The van der Waals surface area contributed by atoms with E-state index in [9.17, 15) is 4.79 Å². The molecule has 0 atom stereocenters. The Morgan fingerprint density at radius 1 is 1.62 bits per heavy atom. The van der Waals surface area contributed by atoms with Gasteiger partial charge in [0.05, 0.1) is 0 Å². The Kier molecular flexibility index (Phi) is 12.1. The van der Waals surface area contributed by atoms with Gasteiger partial charge in [-0.3, -0.25) is 4.79 Å². The number of primary amides is 1. The third kappa shape index (κ3) is 8.95. The summed E-state index contributed by atoms with van der Waals surface area (Å²) in [5.41, 5.74) is 5.09. The molecule has 4 N–H and O–H groups in total. The molecule has 0 aromatic carbocycles. The predicted molar refractivity (Wildman–Crippen MR) is 34.4 cm³/mol. The molecular weight excluding hydrogens is 106 g/mol. The molecule has 0 fully saturated rings. The molecular formula is C5H13NO2. The van der Waals surface area contributed by atoms with Gasteiger partial charge in [-0.05, 0) is 6.92 Å². The van der Waals surface area contributed by atoms with E-state index in [0.29, 0.717) is 5.57 Å². The summed E-state index contributed by atoms with van der Waals surface area (Å²) in [7, 11) is 0. The van der Waals surface area contributed by atoms with Crippen LogP contribution in [0.3, 0.4) is 0 Å². The fourth-order valence-electron chi connectivity index (χ4n) is 0. The van der Waals surface area contributed by atoms with Crippen molar-refractivity contribution in [1.82, 2.24) is 0 Å². The lowest BCUT2D eigenvalue weighted by molar-refractivity contribution is -0.114. The first-order valence-electron chi connectivity index (χ1n) is 1.60. The summed E-state index contributed by atoms with van der Waals surface area (Å²) >= 11 is 0. The minimum Gasteiger partial charge on any atom is -0.412 e. The van der Waals surface area contributed by atoms with Crippen LogP contribution in [0.15, 0.2) is 12.2 Å². The minimum atomic E-state index is -0.435. The molecule has 0 aromatic heterocycles. The molecule has 0 heterocycles. The van der Waals surface area contributed by atoms with Crippen LogP contribution >= 0.6 is 0 Å². The molecule has 1 amide bonds. The molecule has 50 valence electrons. The molecule has 0 aliphatic carbocycles. The average Bonchev–Trinajstić information content (AvgIpc) is 1.36. The van der Waals surface area contributed by atoms with Gasteiger partial charge >= 0.3 is 0 Å². The highest BCUT2D eigenvalue weighted by atomic mass is 16.1. The Hall–Kier alpha value is -0.830. The highest BCUT2D eigenvalue weighted by molar-refractivity contribution is 5.90. The molecule has 0 aromatic rings. The molecule has 3 heteroatoms. The van der Waals surface area contributed by atoms with E-state index in [1.54, 1.807) is 6.92 Å². The first kappa shape index (κ1) is 15.7. The second-order valence-electron chi connectivity index (χ2n) is 1.14. The molecule has 8 heavy (non-hydrogen) atoms. The maximum Gasteiger partial charge on any atom is 0.243 e. The number of rotatable bonds is 1. The van der Waals surface area contributed by atoms with Crippen molar-refractivity contribution < 1.29 is 10.3 Å². The number of nitrogens with two attached hydrogens (primary N) is 1. The van der Waals surface area contributed by atoms with Crippen LogP contribution in [-0.4, -0.2) is 11.4 Å². The van der Waals surface area contributed by atoms with Gasteiger partial charge in [0.1, 0.15) is 0 Å². The standard InChI is InChI=1S/C4H7NO.CH4.H2O/c1-3(2)4(5)6;;/h1H2,2H3,(H2,5,6);1H4;1H2. The van der Waals surface area contributed by atoms with Gasteiger partial charge in [0, 0.05) is 5.57 Å². The first-order valence-corrected chi connectivity index (χ1v) is 1.60. The van der Waals surface area contributed by atoms with Gasteiger partial charge in [-0.25, -0.2) is 0 Å². The third-order valence-corrected chi connectivity index (χ3v) is 0.421. The van der Waals surface area contributed by atoms with E-state index in [1.165, 1.54) is 0 Å². The van der Waals surface area contributed by atoms with Crippen LogP contribution in [0.2, 0.25) is 0 Å². The van der Waals surface area contributed by atoms with Crippen molar-refractivity contribution in [2.75, 3.05) is 0 Å². The summed E-state index contributed by atoms with van der Waals surface area (Å²) in [6, 6.07) is 0. The Labute approximate surface area is 49.5 Å². The van der Waals surface area contributed by atoms with Gasteiger partial charge in [0.25, 0.3) is 0 Å². The molecule has 0 unspecified atom stereocenters. The maximum absolute atomic E-state index is 9.82. The largest absolute Gasteiger partial charge is 0.412 e. The Bertz CT molecular complexity index is 76.4. The van der Waals surface area contributed by atoms with Crippen LogP contribution < -0.4 is 5.73 Å². The summed E-state index contributed by atoms with van der Waals surface area (Å²) < 4.78 is 0. The first-order chi connectivity index (χ1) is 2.64. The second kappa shape index (κ2) is 6.17. The van der Waals surface area contributed by atoms with Gasteiger partial charge in [-0.2, -0.15) is 0 Å². The fourth-order valence-corrected chi connectivity index (χ4v) is 0. The van der Waals surface area contributed by atoms with Crippen LogP contribution in [0.25, 0.3) is 0 Å². The minimum absolute atomic E-state index is 0. The van der Waals surface area contributed by atoms with Gasteiger partial charge in [0.15, 0.2) is 0 Å². The third-order valence-electron chi connectivity index (χ3n) is 0.421. The van der Waals surface area contributed by atoms with Gasteiger partial charge < -0.3 is 11.2 Å². The van der Waals surface area contributed by atoms with Crippen molar-refractivity contribution in [3.05, 3.63) is 12.2 Å². The van der Waals surface area contributed by atoms with Gasteiger partial charge in [-0.1, -0.05) is 14.0 Å². The maximum atomic E-state index is 9.82. The lowest BCUT2D eigenvalue weighted by atomic mass is 10.3. The number of amides is 1. The summed E-state index contributed by atoms with van der Waals surface area (Å²) in [5.74, 6) is -0.435. The molecule has 0 bridgehead atoms. The van der Waals surface area contributed by atoms with Gasteiger partial charge in [0.2, 0.25) is 5.91 Å². The molecule has 0 saturated carbocycles. The van der Waals surface area contributed by atoms with E-state index in [0.717, 1.165) is 0 Å². The van der Waals surface area contributed by atoms with E-state index >= 15 is 0 Å². The van der Waals surface area contributed by atoms with E-state index < -0.39 is 5.91 Å². The van der Waals surface area contributed by atoms with Crippen LogP contribution in [-0.2, 0) is 4.79 Å². The van der Waals surface area contributed by atoms with E-state index in [2.05, 4.69) is 6.58 Å². The van der Waals surface area contributed by atoms with E-state index in [-0.39, 0.29) is 12.9 Å². The van der Waals surface area contributed by atoms with Crippen molar-refractivity contribution in [3.8, 4) is 0 Å². The SMILES string of the molecule is C.C=C(C)C(N)=O.O. The highest BCUT2D eigenvalue weighted by Gasteiger charge is 1.86. The number of carbonyl (C=O) groups excluding carboxylic acids is 1. The lowest BCUT2D eigenvalue weighted by Crippen LogP contribution is -2.10. The summed E-state index contributed by atoms with van der Waals surface area (Å²) in [4.78, 5) is 9.82. The fraction of sp³-hybridized carbons (Fsp3) is 0.400. The molecule has 0 rings (SSSR count). The monoisotopic (exact) mass is 119 g/mol. The van der Waals surface area contributed by atoms with Crippen molar-refractivity contribution >= 4 is 5.91 Å². The molecule has 0 saturated heterocycles. The summed E-state index contributed by atoms with van der Waals surface area (Å²) in [6.45, 7) is 4.85. The van der Waals surface area contributed by atoms with Crippen molar-refractivity contribution in [2.45, 2.75) is 14.4 Å². The molecule has 0 spiro atoms. The number of hydrogen-bond donors (Lipinski definition) is 1. The van der Waals surface area contributed by atoms with Crippen molar-refractivity contribution in [1.29, 1.82) is 0 Å². The van der Waals surface area contributed by atoms with Crippen LogP contribution in [0.5, 0.6) is 0 Å². The molecule has 0 radical (unpaired) electrons. The number of hydrogen-bond acceptors (Lipinski definition) is 1. The smallest absolute Gasteiger partial charge is 0.243 e. The quantitative estimate of drug-likeness (QED) is 0.479. The normalized spacial score (nSPS) is 5.62. The topological polar surface area (TPSA) is 74.6 Å². The summed E-state index contributed by atoms with van der Waals surface area (Å²) in [5, 5.41) is 0. The molecule has 3 nitrogen and oxygen atoms in total. The highest BCUT2D eigenvalue weighted by Crippen LogP contribution is 1.78. The van der Waals surface area contributed by atoms with Crippen LogP contribution in [0.4, 0.5) is 0 Å². The molecule has 0 aliphatic rings. The Morgan fingerprint density at radius 2 is 1.75 bits per heavy atom. The zero-order valence-electron chi connectivity index (χ0n) is 4.19. The molecule has 0 aliphatic heterocycles. The lowest BCUT2D eigenvalue weighted by Gasteiger charge is -1.81. The van der Waals surface area contributed by atoms with E-state index in [4.69, 9.17) is 5.73 Å². The van der Waals surface area contributed by atoms with Crippen LogP contribution in [0, 0.1) is 0 Å². The summed E-state index contributed by atoms with van der Waals surface area (Å²) in [6.07, 6.45) is 0. The van der Waals surface area contributed by atoms with Crippen molar-refractivity contribution in [3.63, 3.8) is 0 Å². The van der Waals surface area contributed by atoms with Crippen LogP contribution in [0.1, 0.15) is 14.4 Å². The average molecular weight is 119 g/mol.